The summed E-state index contributed by atoms with van der Waals surface area (Å²) < 4.78 is 4.85. The predicted molar refractivity (Wildman–Crippen MR) is 93.4 cm³/mol. The number of halogens is 2. The van der Waals surface area contributed by atoms with Gasteiger partial charge in [0, 0.05) is 28.3 Å². The summed E-state index contributed by atoms with van der Waals surface area (Å²) in [5.41, 5.74) is 1.08. The minimum absolute atomic E-state index is 0.118. The highest BCUT2D eigenvalue weighted by Gasteiger charge is 2.36. The maximum Gasteiger partial charge on any atom is 0.337 e. The van der Waals surface area contributed by atoms with Crippen LogP contribution >= 0.6 is 23.2 Å². The van der Waals surface area contributed by atoms with Gasteiger partial charge in [-0.1, -0.05) is 29.3 Å². The number of carboxylic acids is 1. The number of hydrogen-bond acceptors (Lipinski definition) is 5. The Bertz CT molecular complexity index is 778. The highest BCUT2D eigenvalue weighted by atomic mass is 35.5. The Labute approximate surface area is 160 Å². The van der Waals surface area contributed by atoms with E-state index in [4.69, 9.17) is 27.9 Å². The lowest BCUT2D eigenvalue weighted by atomic mass is 9.94. The summed E-state index contributed by atoms with van der Waals surface area (Å²) >= 11 is 12.1. The zero-order valence-corrected chi connectivity index (χ0v) is 15.7. The van der Waals surface area contributed by atoms with E-state index in [2.05, 4.69) is 5.32 Å². The van der Waals surface area contributed by atoms with Gasteiger partial charge in [0.2, 0.25) is 0 Å². The molecule has 0 bridgehead atoms. The lowest BCUT2D eigenvalue weighted by Crippen LogP contribution is -2.48. The van der Waals surface area contributed by atoms with E-state index in [-0.39, 0.29) is 25.0 Å². The van der Waals surface area contributed by atoms with Gasteiger partial charge in [0.15, 0.2) is 0 Å². The zero-order valence-electron chi connectivity index (χ0n) is 14.2. The molecule has 0 spiro atoms. The van der Waals surface area contributed by atoms with Crippen molar-refractivity contribution in [1.82, 2.24) is 10.2 Å². The second kappa shape index (κ2) is 8.42. The van der Waals surface area contributed by atoms with Crippen molar-refractivity contribution in [1.29, 1.82) is 0 Å². The molecule has 1 aliphatic heterocycles. The number of methoxy groups -OCH3 is 1. The van der Waals surface area contributed by atoms with Gasteiger partial charge >= 0.3 is 12.0 Å². The molecular weight excluding hydrogens is 383 g/mol. The van der Waals surface area contributed by atoms with Crippen molar-refractivity contribution >= 4 is 41.2 Å². The second-order valence-electron chi connectivity index (χ2n) is 5.67. The van der Waals surface area contributed by atoms with E-state index in [9.17, 15) is 19.5 Å². The summed E-state index contributed by atoms with van der Waals surface area (Å²) in [5, 5.41) is 14.0. The second-order valence-corrected chi connectivity index (χ2v) is 6.51. The molecule has 1 atom stereocenters. The van der Waals surface area contributed by atoms with E-state index < -0.39 is 24.0 Å². The number of nitrogens with one attached hydrogen (secondary N) is 1. The first-order valence-electron chi connectivity index (χ1n) is 7.78. The standard InChI is InChI=1S/C17H18Cl2N2O5/c1-9-14(16(24)26-2)15(11-6-5-10(18)8-12(11)19)20-17(25)21(9)7-3-4-13(22)23/h5-6,8,15H,3-4,7H2,1-2H3,(H,20,25)(H,22,23)/p-1/t15-/m1/s1. The van der Waals surface area contributed by atoms with Gasteiger partial charge in [-0.2, -0.15) is 0 Å². The molecule has 2 amide bonds. The molecule has 0 saturated carbocycles. The maximum atomic E-state index is 12.5. The predicted octanol–water partition coefficient (Wildman–Crippen LogP) is 2.04. The molecule has 140 valence electrons. The third-order valence-electron chi connectivity index (χ3n) is 4.04. The summed E-state index contributed by atoms with van der Waals surface area (Å²) in [5.74, 6) is -1.83. The molecule has 1 N–H and O–H groups in total. The smallest absolute Gasteiger partial charge is 0.337 e. The number of benzene rings is 1. The largest absolute Gasteiger partial charge is 0.550 e. The number of hydrogen-bond donors (Lipinski definition) is 1. The summed E-state index contributed by atoms with van der Waals surface area (Å²) in [6.45, 7) is 1.72. The fourth-order valence-corrected chi connectivity index (χ4v) is 3.29. The van der Waals surface area contributed by atoms with Gasteiger partial charge in [-0.05, 0) is 37.5 Å². The minimum atomic E-state index is -1.21. The third kappa shape index (κ3) is 4.28. The van der Waals surface area contributed by atoms with Crippen molar-refractivity contribution in [3.63, 3.8) is 0 Å². The molecule has 1 aliphatic rings. The molecule has 2 rings (SSSR count). The average Bonchev–Trinajstić information content (AvgIpc) is 2.56. The molecule has 0 unspecified atom stereocenters. The molecule has 7 nitrogen and oxygen atoms in total. The first kappa shape index (κ1) is 20.1. The molecule has 0 radical (unpaired) electrons. The quantitative estimate of drug-likeness (QED) is 0.737. The van der Waals surface area contributed by atoms with E-state index in [0.717, 1.165) is 0 Å². The summed E-state index contributed by atoms with van der Waals surface area (Å²) in [6, 6.07) is 3.46. The van der Waals surface area contributed by atoms with Crippen LogP contribution in [0.25, 0.3) is 0 Å². The fraction of sp³-hybridized carbons (Fsp3) is 0.353. The normalized spacial score (nSPS) is 17.2. The lowest BCUT2D eigenvalue weighted by molar-refractivity contribution is -0.305. The van der Waals surface area contributed by atoms with Crippen LogP contribution in [0.1, 0.15) is 31.4 Å². The Kier molecular flexibility index (Phi) is 6.50. The van der Waals surface area contributed by atoms with Crippen LogP contribution in [0.5, 0.6) is 0 Å². The number of ether oxygens (including phenoxy) is 1. The van der Waals surface area contributed by atoms with Gasteiger partial charge in [-0.25, -0.2) is 9.59 Å². The van der Waals surface area contributed by atoms with E-state index in [1.54, 1.807) is 19.1 Å². The van der Waals surface area contributed by atoms with Crippen molar-refractivity contribution in [3.05, 3.63) is 45.1 Å². The number of urea groups is 1. The number of aliphatic carboxylic acids is 1. The highest BCUT2D eigenvalue weighted by Crippen LogP contribution is 2.35. The van der Waals surface area contributed by atoms with E-state index >= 15 is 0 Å². The molecule has 0 aliphatic carbocycles. The molecule has 9 heteroatoms. The van der Waals surface area contributed by atoms with Crippen LogP contribution in [0.3, 0.4) is 0 Å². The van der Waals surface area contributed by atoms with E-state index in [0.29, 0.717) is 21.3 Å². The number of carbonyl (C=O) groups is 3. The molecule has 0 saturated heterocycles. The highest BCUT2D eigenvalue weighted by molar-refractivity contribution is 6.35. The average molecular weight is 400 g/mol. The van der Waals surface area contributed by atoms with Crippen LogP contribution < -0.4 is 10.4 Å². The number of rotatable bonds is 6. The molecule has 0 aromatic heterocycles. The lowest BCUT2D eigenvalue weighted by Gasteiger charge is -2.35. The Morgan fingerprint density at radius 1 is 1.35 bits per heavy atom. The first-order valence-corrected chi connectivity index (χ1v) is 8.53. The monoisotopic (exact) mass is 399 g/mol. The SMILES string of the molecule is COC(=O)C1=C(C)N(CCCC(=O)[O-])C(=O)N[C@@H]1c1ccc(Cl)cc1Cl. The topological polar surface area (TPSA) is 98.8 Å². The van der Waals surface area contributed by atoms with Crippen molar-refractivity contribution in [2.75, 3.05) is 13.7 Å². The number of esters is 1. The first-order chi connectivity index (χ1) is 12.3. The minimum Gasteiger partial charge on any atom is -0.550 e. The fourth-order valence-electron chi connectivity index (χ4n) is 2.78. The van der Waals surface area contributed by atoms with Crippen LogP contribution in [0.15, 0.2) is 29.5 Å². The van der Waals surface area contributed by atoms with Gasteiger partial charge in [-0.15, -0.1) is 0 Å². The number of carboxylic acid groups (broad SMARTS) is 1. The molecule has 0 fully saturated rings. The van der Waals surface area contributed by atoms with E-state index in [1.165, 1.54) is 18.1 Å². The van der Waals surface area contributed by atoms with Crippen molar-refractivity contribution in [2.45, 2.75) is 25.8 Å². The van der Waals surface area contributed by atoms with Crippen LogP contribution in [0.2, 0.25) is 10.0 Å². The summed E-state index contributed by atoms with van der Waals surface area (Å²) in [4.78, 5) is 36.7. The van der Waals surface area contributed by atoms with Crippen LogP contribution in [0, 0.1) is 0 Å². The van der Waals surface area contributed by atoms with Crippen LogP contribution in [-0.4, -0.2) is 36.5 Å². The van der Waals surface area contributed by atoms with Crippen molar-refractivity contribution in [2.24, 2.45) is 0 Å². The number of amides is 2. The van der Waals surface area contributed by atoms with Gasteiger partial charge in [0.1, 0.15) is 0 Å². The van der Waals surface area contributed by atoms with Crippen LogP contribution in [-0.2, 0) is 14.3 Å². The van der Waals surface area contributed by atoms with Gasteiger partial charge in [-0.3, -0.25) is 4.90 Å². The molecule has 1 heterocycles. The van der Waals surface area contributed by atoms with E-state index in [1.807, 2.05) is 0 Å². The van der Waals surface area contributed by atoms with Crippen molar-refractivity contribution in [3.8, 4) is 0 Å². The van der Waals surface area contributed by atoms with Gasteiger partial charge in [0.25, 0.3) is 0 Å². The van der Waals surface area contributed by atoms with Gasteiger partial charge in [0.05, 0.1) is 18.7 Å². The molecule has 1 aromatic rings. The summed E-state index contributed by atoms with van der Waals surface area (Å²) in [6.07, 6.45) is -0.00896. The number of allylic oxidation sites excluding steroid dienone is 1. The Morgan fingerprint density at radius 3 is 2.62 bits per heavy atom. The van der Waals surface area contributed by atoms with Crippen molar-refractivity contribution < 1.29 is 24.2 Å². The Hall–Kier alpha value is -2.25. The maximum absolute atomic E-state index is 12.5. The summed E-state index contributed by atoms with van der Waals surface area (Å²) in [7, 11) is 1.24. The third-order valence-corrected chi connectivity index (χ3v) is 4.60. The Balaban J connectivity index is 2.43. The Morgan fingerprint density at radius 2 is 2.04 bits per heavy atom. The number of carbonyl (C=O) groups excluding carboxylic acids is 3. The zero-order chi connectivity index (χ0) is 19.4. The molecule has 1 aromatic carbocycles. The molecule has 26 heavy (non-hydrogen) atoms. The van der Waals surface area contributed by atoms with Crippen LogP contribution in [0.4, 0.5) is 4.79 Å². The molecular formula is C17H17Cl2N2O5-. The van der Waals surface area contributed by atoms with Gasteiger partial charge < -0.3 is 20.0 Å². The number of nitrogens with zero attached hydrogens (tertiary/aromatic N) is 1.